The number of carbonyl (C=O) groups excluding carboxylic acids is 1. The quantitative estimate of drug-likeness (QED) is 0.696. The zero-order valence-electron chi connectivity index (χ0n) is 14.2. The molecule has 5 heteroatoms. The Bertz CT molecular complexity index is 843. The van der Waals surface area contributed by atoms with E-state index in [1.807, 2.05) is 65.4 Å². The van der Waals surface area contributed by atoms with Gasteiger partial charge in [0.05, 0.1) is 25.3 Å². The Morgan fingerprint density at radius 3 is 2.68 bits per heavy atom. The van der Waals surface area contributed by atoms with E-state index in [1.165, 1.54) is 0 Å². The Balaban J connectivity index is 1.64. The number of aryl methyl sites for hydroxylation is 1. The van der Waals surface area contributed by atoms with Crippen LogP contribution in [0.4, 0.5) is 0 Å². The van der Waals surface area contributed by atoms with Crippen molar-refractivity contribution in [3.63, 3.8) is 0 Å². The molecule has 25 heavy (non-hydrogen) atoms. The number of aliphatic hydroxyl groups excluding tert-OH is 1. The van der Waals surface area contributed by atoms with Gasteiger partial charge in [0.25, 0.3) is 0 Å². The number of aliphatic hydroxyl groups is 1. The average Bonchev–Trinajstić information content (AvgIpc) is 3.08. The Kier molecular flexibility index (Phi) is 5.36. The number of methoxy groups -OCH3 is 1. The first-order chi connectivity index (χ1) is 12.2. The summed E-state index contributed by atoms with van der Waals surface area (Å²) in [5.41, 5.74) is 1.93. The summed E-state index contributed by atoms with van der Waals surface area (Å²) in [4.78, 5) is 12.3. The van der Waals surface area contributed by atoms with Gasteiger partial charge in [0.1, 0.15) is 5.75 Å². The molecule has 1 heterocycles. The number of hydrogen-bond acceptors (Lipinski definition) is 3. The van der Waals surface area contributed by atoms with Crippen molar-refractivity contribution < 1.29 is 14.6 Å². The van der Waals surface area contributed by atoms with Crippen molar-refractivity contribution in [1.29, 1.82) is 0 Å². The lowest BCUT2D eigenvalue weighted by atomic mass is 10.1. The largest absolute Gasteiger partial charge is 0.496 e. The van der Waals surface area contributed by atoms with Gasteiger partial charge in [0.15, 0.2) is 0 Å². The van der Waals surface area contributed by atoms with Crippen LogP contribution in [0.2, 0.25) is 0 Å². The van der Waals surface area contributed by atoms with Crippen LogP contribution in [0.15, 0.2) is 60.8 Å². The average molecular weight is 338 g/mol. The molecule has 0 saturated heterocycles. The van der Waals surface area contributed by atoms with Crippen LogP contribution >= 0.6 is 0 Å². The lowest BCUT2D eigenvalue weighted by Crippen LogP contribution is -2.31. The molecular formula is C20H22N2O3. The van der Waals surface area contributed by atoms with Crippen molar-refractivity contribution in [2.24, 2.45) is 0 Å². The third-order valence-electron chi connectivity index (χ3n) is 4.29. The second-order valence-electron chi connectivity index (χ2n) is 5.87. The van der Waals surface area contributed by atoms with Crippen molar-refractivity contribution in [3.05, 3.63) is 66.4 Å². The number of nitrogens with zero attached hydrogens (tertiary/aromatic N) is 1. The van der Waals surface area contributed by atoms with Gasteiger partial charge < -0.3 is 19.7 Å². The van der Waals surface area contributed by atoms with Crippen LogP contribution in [-0.4, -0.2) is 29.3 Å². The molecule has 1 aromatic heterocycles. The topological polar surface area (TPSA) is 63.5 Å². The summed E-state index contributed by atoms with van der Waals surface area (Å²) in [6.45, 7) is 0.439. The third kappa shape index (κ3) is 3.83. The monoisotopic (exact) mass is 338 g/mol. The maximum atomic E-state index is 12.3. The van der Waals surface area contributed by atoms with Crippen molar-refractivity contribution >= 4 is 16.8 Å². The summed E-state index contributed by atoms with van der Waals surface area (Å²) < 4.78 is 7.40. The molecule has 3 aromatic rings. The molecule has 3 rings (SSSR count). The SMILES string of the molecule is COc1cccc2c1ccn2CCC(=O)N[C@@H](CO)c1ccccc1. The molecule has 0 aliphatic heterocycles. The number of benzene rings is 2. The summed E-state index contributed by atoms with van der Waals surface area (Å²) >= 11 is 0. The fourth-order valence-corrected chi connectivity index (χ4v) is 2.98. The van der Waals surface area contributed by atoms with Crippen LogP contribution < -0.4 is 10.1 Å². The van der Waals surface area contributed by atoms with E-state index < -0.39 is 0 Å². The van der Waals surface area contributed by atoms with Gasteiger partial charge in [-0.3, -0.25) is 4.79 Å². The van der Waals surface area contributed by atoms with Crippen LogP contribution in [0.25, 0.3) is 10.9 Å². The molecular weight excluding hydrogens is 316 g/mol. The van der Waals surface area contributed by atoms with E-state index in [1.54, 1.807) is 7.11 Å². The van der Waals surface area contributed by atoms with Gasteiger partial charge in [-0.15, -0.1) is 0 Å². The molecule has 1 atom stereocenters. The molecule has 0 bridgehead atoms. The van der Waals surface area contributed by atoms with E-state index in [9.17, 15) is 9.90 Å². The number of rotatable bonds is 7. The van der Waals surface area contributed by atoms with Crippen LogP contribution in [-0.2, 0) is 11.3 Å². The Morgan fingerprint density at radius 1 is 1.16 bits per heavy atom. The fraction of sp³-hybridized carbons (Fsp3) is 0.250. The molecule has 0 aliphatic rings. The number of aromatic nitrogens is 1. The maximum absolute atomic E-state index is 12.3. The lowest BCUT2D eigenvalue weighted by Gasteiger charge is -2.17. The summed E-state index contributed by atoms with van der Waals surface area (Å²) in [5, 5.41) is 13.5. The highest BCUT2D eigenvalue weighted by molar-refractivity contribution is 5.86. The Labute approximate surface area is 146 Å². The summed E-state index contributed by atoms with van der Waals surface area (Å²) in [6, 6.07) is 17.0. The van der Waals surface area contributed by atoms with E-state index >= 15 is 0 Å². The zero-order valence-corrected chi connectivity index (χ0v) is 14.2. The smallest absolute Gasteiger partial charge is 0.222 e. The molecule has 2 aromatic carbocycles. The normalized spacial score (nSPS) is 12.1. The molecule has 0 spiro atoms. The minimum absolute atomic E-state index is 0.0901. The van der Waals surface area contributed by atoms with Crippen LogP contribution in [0.5, 0.6) is 5.75 Å². The van der Waals surface area contributed by atoms with Gasteiger partial charge in [0, 0.05) is 24.5 Å². The van der Waals surface area contributed by atoms with Crippen LogP contribution in [0.1, 0.15) is 18.0 Å². The number of fused-ring (bicyclic) bond motifs is 1. The fourth-order valence-electron chi connectivity index (χ4n) is 2.98. The third-order valence-corrected chi connectivity index (χ3v) is 4.29. The van der Waals surface area contributed by atoms with Crippen molar-refractivity contribution in [3.8, 4) is 5.75 Å². The molecule has 130 valence electrons. The van der Waals surface area contributed by atoms with Gasteiger partial charge in [-0.2, -0.15) is 0 Å². The van der Waals surface area contributed by atoms with Crippen molar-refractivity contribution in [2.45, 2.75) is 19.0 Å². The zero-order chi connectivity index (χ0) is 17.6. The molecule has 1 amide bonds. The Morgan fingerprint density at radius 2 is 1.96 bits per heavy atom. The predicted molar refractivity (Wildman–Crippen MR) is 97.5 cm³/mol. The van der Waals surface area contributed by atoms with E-state index in [0.29, 0.717) is 13.0 Å². The molecule has 2 N–H and O–H groups in total. The molecule has 0 fully saturated rings. The van der Waals surface area contributed by atoms with E-state index in [4.69, 9.17) is 4.74 Å². The van der Waals surface area contributed by atoms with Crippen molar-refractivity contribution in [1.82, 2.24) is 9.88 Å². The summed E-state index contributed by atoms with van der Waals surface area (Å²) in [5.74, 6) is 0.734. The van der Waals surface area contributed by atoms with E-state index in [0.717, 1.165) is 22.2 Å². The molecule has 0 radical (unpaired) electrons. The van der Waals surface area contributed by atoms with Crippen molar-refractivity contribution in [2.75, 3.05) is 13.7 Å². The second kappa shape index (κ2) is 7.85. The number of hydrogen-bond donors (Lipinski definition) is 2. The lowest BCUT2D eigenvalue weighted by molar-refractivity contribution is -0.122. The Hall–Kier alpha value is -2.79. The number of amides is 1. The first-order valence-corrected chi connectivity index (χ1v) is 8.30. The standard InChI is InChI=1S/C20H22N2O3/c1-25-19-9-5-8-18-16(19)10-12-22(18)13-11-20(24)21-17(14-23)15-6-3-2-4-7-15/h2-10,12,17,23H,11,13-14H2,1H3,(H,21,24)/t17-/m0/s1. The number of ether oxygens (including phenoxy) is 1. The van der Waals surface area contributed by atoms with Gasteiger partial charge in [0.2, 0.25) is 5.91 Å². The van der Waals surface area contributed by atoms with Gasteiger partial charge in [-0.1, -0.05) is 36.4 Å². The highest BCUT2D eigenvalue weighted by atomic mass is 16.5. The van der Waals surface area contributed by atoms with Gasteiger partial charge >= 0.3 is 0 Å². The minimum Gasteiger partial charge on any atom is -0.496 e. The second-order valence-corrected chi connectivity index (χ2v) is 5.87. The molecule has 0 saturated carbocycles. The number of nitrogens with one attached hydrogen (secondary N) is 1. The van der Waals surface area contributed by atoms with E-state index in [-0.39, 0.29) is 18.6 Å². The predicted octanol–water partition coefficient (Wildman–Crippen LogP) is 2.89. The van der Waals surface area contributed by atoms with Gasteiger partial charge in [-0.05, 0) is 23.8 Å². The van der Waals surface area contributed by atoms with Crippen LogP contribution in [0, 0.1) is 0 Å². The van der Waals surface area contributed by atoms with E-state index in [2.05, 4.69) is 5.32 Å². The number of carbonyl (C=O) groups is 1. The highest BCUT2D eigenvalue weighted by Crippen LogP contribution is 2.26. The van der Waals surface area contributed by atoms with Crippen LogP contribution in [0.3, 0.4) is 0 Å². The minimum atomic E-state index is -0.379. The highest BCUT2D eigenvalue weighted by Gasteiger charge is 2.14. The maximum Gasteiger partial charge on any atom is 0.222 e. The molecule has 5 nitrogen and oxygen atoms in total. The summed E-state index contributed by atoms with van der Waals surface area (Å²) in [6.07, 6.45) is 2.30. The molecule has 0 aliphatic carbocycles. The molecule has 0 unspecified atom stereocenters. The first-order valence-electron chi connectivity index (χ1n) is 8.30. The first kappa shape index (κ1) is 17.0. The summed E-state index contributed by atoms with van der Waals surface area (Å²) in [7, 11) is 1.65. The van der Waals surface area contributed by atoms with Gasteiger partial charge in [-0.25, -0.2) is 0 Å².